The molecule has 0 aliphatic rings. The Labute approximate surface area is 99.7 Å². The van der Waals surface area contributed by atoms with E-state index in [-0.39, 0.29) is 0 Å². The average Bonchev–Trinajstić information content (AvgIpc) is 2.74. The SMILES string of the molecule is O=Cc1cccc(Cl)c1Sc1ncns1. The Bertz CT molecular complexity index is 473. The molecule has 0 radical (unpaired) electrons. The van der Waals surface area contributed by atoms with Crippen LogP contribution in [0.2, 0.25) is 5.02 Å². The molecule has 2 aromatic rings. The maximum atomic E-state index is 10.8. The summed E-state index contributed by atoms with van der Waals surface area (Å²) in [6.07, 6.45) is 2.26. The van der Waals surface area contributed by atoms with Crippen molar-refractivity contribution in [3.05, 3.63) is 35.1 Å². The molecule has 0 atom stereocenters. The van der Waals surface area contributed by atoms with Gasteiger partial charge in [-0.05, 0) is 17.6 Å². The zero-order valence-electron chi connectivity index (χ0n) is 7.38. The Morgan fingerprint density at radius 1 is 1.47 bits per heavy atom. The van der Waals surface area contributed by atoms with E-state index in [2.05, 4.69) is 9.36 Å². The molecule has 1 aromatic heterocycles. The van der Waals surface area contributed by atoms with Crippen molar-refractivity contribution in [2.75, 3.05) is 0 Å². The highest BCUT2D eigenvalue weighted by Crippen LogP contribution is 2.35. The summed E-state index contributed by atoms with van der Waals surface area (Å²) in [5.74, 6) is 0. The van der Waals surface area contributed by atoms with E-state index < -0.39 is 0 Å². The molecule has 6 heteroatoms. The number of carbonyl (C=O) groups is 1. The van der Waals surface area contributed by atoms with E-state index in [9.17, 15) is 4.79 Å². The van der Waals surface area contributed by atoms with Gasteiger partial charge < -0.3 is 0 Å². The van der Waals surface area contributed by atoms with Crippen molar-refractivity contribution < 1.29 is 4.79 Å². The number of nitrogens with zero attached hydrogens (tertiary/aromatic N) is 2. The highest BCUT2D eigenvalue weighted by atomic mass is 35.5. The lowest BCUT2D eigenvalue weighted by Crippen LogP contribution is -1.85. The van der Waals surface area contributed by atoms with Gasteiger partial charge in [-0.15, -0.1) is 0 Å². The maximum absolute atomic E-state index is 10.8. The Kier molecular flexibility index (Phi) is 3.35. The Hall–Kier alpha value is -0.910. The number of benzene rings is 1. The molecule has 0 unspecified atom stereocenters. The first kappa shape index (κ1) is 10.6. The molecular weight excluding hydrogens is 252 g/mol. The maximum Gasteiger partial charge on any atom is 0.174 e. The van der Waals surface area contributed by atoms with Crippen molar-refractivity contribution in [1.29, 1.82) is 0 Å². The lowest BCUT2D eigenvalue weighted by atomic mass is 10.2. The first-order valence-electron chi connectivity index (χ1n) is 3.99. The fourth-order valence-corrected chi connectivity index (χ4v) is 2.80. The standard InChI is InChI=1S/C9H5ClN2OS2/c10-7-3-1-2-6(4-13)8(7)14-9-11-5-12-15-9/h1-5H. The third kappa shape index (κ3) is 2.37. The number of hydrogen-bond donors (Lipinski definition) is 0. The first-order valence-corrected chi connectivity index (χ1v) is 5.96. The minimum absolute atomic E-state index is 0.555. The summed E-state index contributed by atoms with van der Waals surface area (Å²) in [6, 6.07) is 5.22. The van der Waals surface area contributed by atoms with Crippen LogP contribution >= 0.6 is 34.9 Å². The van der Waals surface area contributed by atoms with Gasteiger partial charge in [-0.3, -0.25) is 4.79 Å². The Morgan fingerprint density at radius 2 is 2.33 bits per heavy atom. The fraction of sp³-hybridized carbons (Fsp3) is 0. The molecule has 15 heavy (non-hydrogen) atoms. The van der Waals surface area contributed by atoms with Crippen LogP contribution in [-0.4, -0.2) is 15.6 Å². The molecule has 1 aromatic carbocycles. The van der Waals surface area contributed by atoms with Gasteiger partial charge in [0.05, 0.1) is 5.02 Å². The van der Waals surface area contributed by atoms with Crippen molar-refractivity contribution >= 4 is 41.2 Å². The van der Waals surface area contributed by atoms with Gasteiger partial charge in [0.25, 0.3) is 0 Å². The van der Waals surface area contributed by atoms with Crippen molar-refractivity contribution in [1.82, 2.24) is 9.36 Å². The minimum atomic E-state index is 0.555. The molecule has 0 saturated carbocycles. The van der Waals surface area contributed by atoms with Crippen molar-refractivity contribution in [2.24, 2.45) is 0 Å². The van der Waals surface area contributed by atoms with Gasteiger partial charge in [-0.2, -0.15) is 4.37 Å². The second-order valence-corrected chi connectivity index (χ2v) is 5.03. The van der Waals surface area contributed by atoms with Crippen molar-refractivity contribution in [3.63, 3.8) is 0 Å². The van der Waals surface area contributed by atoms with Crippen LogP contribution in [-0.2, 0) is 0 Å². The summed E-state index contributed by atoms with van der Waals surface area (Å²) < 4.78 is 4.65. The third-order valence-corrected chi connectivity index (χ3v) is 3.96. The second kappa shape index (κ2) is 4.74. The van der Waals surface area contributed by atoms with E-state index in [4.69, 9.17) is 11.6 Å². The van der Waals surface area contributed by atoms with E-state index in [1.165, 1.54) is 29.6 Å². The minimum Gasteiger partial charge on any atom is -0.298 e. The predicted octanol–water partition coefficient (Wildman–Crippen LogP) is 3.16. The van der Waals surface area contributed by atoms with Gasteiger partial charge in [0.15, 0.2) is 10.6 Å². The summed E-state index contributed by atoms with van der Waals surface area (Å²) in [7, 11) is 0. The second-order valence-electron chi connectivity index (χ2n) is 2.59. The van der Waals surface area contributed by atoms with Crippen LogP contribution in [0.4, 0.5) is 0 Å². The average molecular weight is 257 g/mol. The summed E-state index contributed by atoms with van der Waals surface area (Å²) >= 11 is 8.63. The normalized spacial score (nSPS) is 10.2. The number of halogens is 1. The highest BCUT2D eigenvalue weighted by molar-refractivity contribution is 8.01. The molecule has 0 N–H and O–H groups in total. The molecule has 2 rings (SSSR count). The van der Waals surface area contributed by atoms with Gasteiger partial charge >= 0.3 is 0 Å². The molecule has 76 valence electrons. The van der Waals surface area contributed by atoms with Crippen LogP contribution in [0.3, 0.4) is 0 Å². The molecule has 0 aliphatic heterocycles. The monoisotopic (exact) mass is 256 g/mol. The van der Waals surface area contributed by atoms with E-state index in [0.29, 0.717) is 10.6 Å². The zero-order chi connectivity index (χ0) is 10.7. The van der Waals surface area contributed by atoms with Crippen LogP contribution in [0.15, 0.2) is 33.8 Å². The number of hydrogen-bond acceptors (Lipinski definition) is 5. The predicted molar refractivity (Wildman–Crippen MR) is 60.9 cm³/mol. The van der Waals surface area contributed by atoms with Gasteiger partial charge in [-0.25, -0.2) is 4.98 Å². The first-order chi connectivity index (χ1) is 7.31. The molecule has 0 fully saturated rings. The van der Waals surface area contributed by atoms with E-state index in [1.54, 1.807) is 18.2 Å². The largest absolute Gasteiger partial charge is 0.298 e. The van der Waals surface area contributed by atoms with E-state index in [1.807, 2.05) is 0 Å². The molecule has 1 heterocycles. The molecule has 0 spiro atoms. The third-order valence-electron chi connectivity index (χ3n) is 1.65. The van der Waals surface area contributed by atoms with Crippen LogP contribution in [0.5, 0.6) is 0 Å². The quantitative estimate of drug-likeness (QED) is 0.792. The van der Waals surface area contributed by atoms with Gasteiger partial charge in [0.1, 0.15) is 6.33 Å². The van der Waals surface area contributed by atoms with Crippen LogP contribution < -0.4 is 0 Å². The molecule has 0 saturated heterocycles. The van der Waals surface area contributed by atoms with Crippen molar-refractivity contribution in [3.8, 4) is 0 Å². The number of rotatable bonds is 3. The number of carbonyl (C=O) groups excluding carboxylic acids is 1. The molecule has 3 nitrogen and oxygen atoms in total. The van der Waals surface area contributed by atoms with Crippen molar-refractivity contribution in [2.45, 2.75) is 9.24 Å². The van der Waals surface area contributed by atoms with E-state index >= 15 is 0 Å². The zero-order valence-corrected chi connectivity index (χ0v) is 9.77. The van der Waals surface area contributed by atoms with Gasteiger partial charge in [-0.1, -0.05) is 35.5 Å². The molecular formula is C9H5ClN2OS2. The summed E-state index contributed by atoms with van der Waals surface area (Å²) in [5.41, 5.74) is 0.572. The Balaban J connectivity index is 2.38. The van der Waals surface area contributed by atoms with E-state index in [0.717, 1.165) is 15.5 Å². The number of aldehydes is 1. The molecule has 0 aliphatic carbocycles. The molecule has 0 bridgehead atoms. The summed E-state index contributed by atoms with van der Waals surface area (Å²) in [4.78, 5) is 15.6. The van der Waals surface area contributed by atoms with Crippen LogP contribution in [0.1, 0.15) is 10.4 Å². The number of aromatic nitrogens is 2. The molecule has 0 amide bonds. The lowest BCUT2D eigenvalue weighted by Gasteiger charge is -2.03. The highest BCUT2D eigenvalue weighted by Gasteiger charge is 2.09. The smallest absolute Gasteiger partial charge is 0.174 e. The lowest BCUT2D eigenvalue weighted by molar-refractivity contribution is 0.112. The van der Waals surface area contributed by atoms with Crippen LogP contribution in [0, 0.1) is 0 Å². The van der Waals surface area contributed by atoms with Crippen LogP contribution in [0.25, 0.3) is 0 Å². The van der Waals surface area contributed by atoms with Gasteiger partial charge in [0, 0.05) is 10.5 Å². The summed E-state index contributed by atoms with van der Waals surface area (Å²) in [5, 5.41) is 0.555. The Morgan fingerprint density at radius 3 is 3.00 bits per heavy atom. The fourth-order valence-electron chi connectivity index (χ4n) is 1.02. The topological polar surface area (TPSA) is 42.9 Å². The van der Waals surface area contributed by atoms with Gasteiger partial charge in [0.2, 0.25) is 0 Å². The summed E-state index contributed by atoms with van der Waals surface area (Å²) in [6.45, 7) is 0.